The van der Waals surface area contributed by atoms with Gasteiger partial charge in [0.05, 0.1) is 12.3 Å². The Balaban J connectivity index is 1.44. The summed E-state index contributed by atoms with van der Waals surface area (Å²) in [5, 5.41) is 8.47. The zero-order valence-corrected chi connectivity index (χ0v) is 17.7. The van der Waals surface area contributed by atoms with E-state index in [1.165, 1.54) is 63.4 Å². The van der Waals surface area contributed by atoms with Crippen LogP contribution in [0.25, 0.3) is 11.3 Å². The molecular formula is C25H36N2O. The first-order valence-electron chi connectivity index (χ1n) is 11.3. The second-order valence-electron chi connectivity index (χ2n) is 8.37. The highest BCUT2D eigenvalue weighted by molar-refractivity contribution is 5.59. The van der Waals surface area contributed by atoms with Gasteiger partial charge in [0, 0.05) is 11.6 Å². The standard InChI is InChI=1S/C25H36N2O/c1-3-5-6-20-7-9-21(10-8-20)11-12-22-13-15-23(16-14-22)24-17-18-25(27-26-24)28-19-4-2/h13-18,20-21H,3-12,19H2,1-2H3. The average molecular weight is 381 g/mol. The van der Waals surface area contributed by atoms with Gasteiger partial charge in [0.2, 0.25) is 5.88 Å². The third kappa shape index (κ3) is 6.32. The maximum Gasteiger partial charge on any atom is 0.233 e. The minimum absolute atomic E-state index is 0.603. The Kier molecular flexibility index (Phi) is 8.32. The molecule has 0 bridgehead atoms. The van der Waals surface area contributed by atoms with Crippen LogP contribution in [0.4, 0.5) is 0 Å². The number of benzene rings is 1. The van der Waals surface area contributed by atoms with Gasteiger partial charge in [0.25, 0.3) is 0 Å². The van der Waals surface area contributed by atoms with E-state index in [0.717, 1.165) is 29.5 Å². The second kappa shape index (κ2) is 11.2. The van der Waals surface area contributed by atoms with Gasteiger partial charge in [-0.2, -0.15) is 0 Å². The SMILES string of the molecule is CCCCC1CCC(CCc2ccc(-c3ccc(OCCC)nn3)cc2)CC1. The summed E-state index contributed by atoms with van der Waals surface area (Å²) in [6.45, 7) is 5.07. The van der Waals surface area contributed by atoms with Crippen molar-refractivity contribution in [1.29, 1.82) is 0 Å². The molecule has 0 amide bonds. The summed E-state index contributed by atoms with van der Waals surface area (Å²) in [7, 11) is 0. The number of unbranched alkanes of at least 4 members (excludes halogenated alkanes) is 1. The fraction of sp³-hybridized carbons (Fsp3) is 0.600. The van der Waals surface area contributed by atoms with Gasteiger partial charge in [-0.25, -0.2) is 0 Å². The number of nitrogens with zero attached hydrogens (tertiary/aromatic N) is 2. The minimum Gasteiger partial charge on any atom is -0.477 e. The molecule has 1 saturated carbocycles. The second-order valence-corrected chi connectivity index (χ2v) is 8.37. The Morgan fingerprint density at radius 3 is 2.14 bits per heavy atom. The number of hydrogen-bond acceptors (Lipinski definition) is 3. The van der Waals surface area contributed by atoms with E-state index in [2.05, 4.69) is 48.3 Å². The lowest BCUT2D eigenvalue weighted by molar-refractivity contribution is 0.250. The van der Waals surface area contributed by atoms with Gasteiger partial charge in [-0.1, -0.05) is 83.1 Å². The lowest BCUT2D eigenvalue weighted by atomic mass is 9.78. The quantitative estimate of drug-likeness (QED) is 0.451. The molecule has 0 aliphatic heterocycles. The summed E-state index contributed by atoms with van der Waals surface area (Å²) >= 11 is 0. The van der Waals surface area contributed by atoms with Crippen LogP contribution in [-0.2, 0) is 6.42 Å². The first-order valence-corrected chi connectivity index (χ1v) is 11.3. The zero-order valence-electron chi connectivity index (χ0n) is 17.7. The van der Waals surface area contributed by atoms with Crippen molar-refractivity contribution < 1.29 is 4.74 Å². The summed E-state index contributed by atoms with van der Waals surface area (Å²) in [5.74, 6) is 2.54. The molecule has 28 heavy (non-hydrogen) atoms. The van der Waals surface area contributed by atoms with E-state index in [1.807, 2.05) is 12.1 Å². The van der Waals surface area contributed by atoms with Crippen LogP contribution < -0.4 is 4.74 Å². The molecule has 0 unspecified atom stereocenters. The normalized spacial score (nSPS) is 19.5. The predicted molar refractivity (Wildman–Crippen MR) is 117 cm³/mol. The topological polar surface area (TPSA) is 35.0 Å². The monoisotopic (exact) mass is 380 g/mol. The fourth-order valence-electron chi connectivity index (χ4n) is 4.27. The lowest BCUT2D eigenvalue weighted by Crippen LogP contribution is -2.15. The Morgan fingerprint density at radius 2 is 1.54 bits per heavy atom. The van der Waals surface area contributed by atoms with Crippen LogP contribution in [0.1, 0.15) is 77.2 Å². The van der Waals surface area contributed by atoms with Crippen LogP contribution in [0.2, 0.25) is 0 Å². The summed E-state index contributed by atoms with van der Waals surface area (Å²) in [5.41, 5.74) is 3.46. The van der Waals surface area contributed by atoms with E-state index in [4.69, 9.17) is 4.74 Å². The molecule has 1 aliphatic rings. The molecule has 1 aliphatic carbocycles. The molecule has 152 valence electrons. The third-order valence-electron chi connectivity index (χ3n) is 6.12. The van der Waals surface area contributed by atoms with Gasteiger partial charge >= 0.3 is 0 Å². The number of aryl methyl sites for hydroxylation is 1. The molecule has 3 rings (SSSR count). The first-order chi connectivity index (χ1) is 13.8. The van der Waals surface area contributed by atoms with Crippen LogP contribution in [-0.4, -0.2) is 16.8 Å². The molecule has 0 saturated heterocycles. The van der Waals surface area contributed by atoms with E-state index in [1.54, 1.807) is 0 Å². The zero-order chi connectivity index (χ0) is 19.6. The molecule has 0 atom stereocenters. The smallest absolute Gasteiger partial charge is 0.233 e. The highest BCUT2D eigenvalue weighted by atomic mass is 16.5. The summed E-state index contributed by atoms with van der Waals surface area (Å²) < 4.78 is 5.51. The summed E-state index contributed by atoms with van der Waals surface area (Å²) in [6, 6.07) is 12.8. The van der Waals surface area contributed by atoms with E-state index in [-0.39, 0.29) is 0 Å². The summed E-state index contributed by atoms with van der Waals surface area (Å²) in [6.07, 6.45) is 13.5. The van der Waals surface area contributed by atoms with Crippen molar-refractivity contribution >= 4 is 0 Å². The maximum atomic E-state index is 5.51. The third-order valence-corrected chi connectivity index (χ3v) is 6.12. The Bertz CT molecular complexity index is 673. The van der Waals surface area contributed by atoms with Gasteiger partial charge in [0.1, 0.15) is 0 Å². The Labute approximate surface area is 170 Å². The van der Waals surface area contributed by atoms with Gasteiger partial charge < -0.3 is 4.74 Å². The summed E-state index contributed by atoms with van der Waals surface area (Å²) in [4.78, 5) is 0. The van der Waals surface area contributed by atoms with Crippen molar-refractivity contribution in [1.82, 2.24) is 10.2 Å². The molecule has 3 heteroatoms. The molecule has 0 N–H and O–H groups in total. The minimum atomic E-state index is 0.603. The van der Waals surface area contributed by atoms with Crippen LogP contribution >= 0.6 is 0 Å². The van der Waals surface area contributed by atoms with E-state index >= 15 is 0 Å². The lowest BCUT2D eigenvalue weighted by Gasteiger charge is -2.28. The molecule has 2 aromatic rings. The van der Waals surface area contributed by atoms with Gasteiger partial charge in [-0.05, 0) is 42.7 Å². The fourth-order valence-corrected chi connectivity index (χ4v) is 4.27. The van der Waals surface area contributed by atoms with E-state index in [0.29, 0.717) is 12.5 Å². The van der Waals surface area contributed by atoms with Crippen molar-refractivity contribution in [3.05, 3.63) is 42.0 Å². The maximum absolute atomic E-state index is 5.51. The Morgan fingerprint density at radius 1 is 0.821 bits per heavy atom. The number of ether oxygens (including phenoxy) is 1. The van der Waals surface area contributed by atoms with Crippen molar-refractivity contribution in [2.45, 2.75) is 78.1 Å². The van der Waals surface area contributed by atoms with Crippen LogP contribution in [0.3, 0.4) is 0 Å². The van der Waals surface area contributed by atoms with Gasteiger partial charge in [-0.15, -0.1) is 10.2 Å². The van der Waals surface area contributed by atoms with Gasteiger partial charge in [0.15, 0.2) is 0 Å². The highest BCUT2D eigenvalue weighted by Crippen LogP contribution is 2.34. The number of hydrogen-bond donors (Lipinski definition) is 0. The van der Waals surface area contributed by atoms with Crippen LogP contribution in [0, 0.1) is 11.8 Å². The average Bonchev–Trinajstić information content (AvgIpc) is 2.76. The molecule has 0 radical (unpaired) electrons. The van der Waals surface area contributed by atoms with E-state index < -0.39 is 0 Å². The molecule has 1 aromatic heterocycles. The molecule has 1 fully saturated rings. The van der Waals surface area contributed by atoms with Crippen molar-refractivity contribution in [2.75, 3.05) is 6.61 Å². The Hall–Kier alpha value is -1.90. The van der Waals surface area contributed by atoms with Crippen LogP contribution in [0.15, 0.2) is 36.4 Å². The molecule has 1 heterocycles. The largest absolute Gasteiger partial charge is 0.477 e. The van der Waals surface area contributed by atoms with Crippen molar-refractivity contribution in [3.63, 3.8) is 0 Å². The van der Waals surface area contributed by atoms with E-state index in [9.17, 15) is 0 Å². The van der Waals surface area contributed by atoms with Gasteiger partial charge in [-0.3, -0.25) is 0 Å². The first kappa shape index (κ1) is 20.8. The van der Waals surface area contributed by atoms with Crippen molar-refractivity contribution in [2.24, 2.45) is 11.8 Å². The number of rotatable bonds is 10. The highest BCUT2D eigenvalue weighted by Gasteiger charge is 2.20. The molecular weight excluding hydrogens is 344 g/mol. The molecule has 1 aromatic carbocycles. The molecule has 0 spiro atoms. The predicted octanol–water partition coefficient (Wildman–Crippen LogP) is 6.86. The molecule has 3 nitrogen and oxygen atoms in total. The van der Waals surface area contributed by atoms with Crippen LogP contribution in [0.5, 0.6) is 5.88 Å². The van der Waals surface area contributed by atoms with Crippen molar-refractivity contribution in [3.8, 4) is 17.1 Å². The number of aromatic nitrogens is 2.